The fourth-order valence-corrected chi connectivity index (χ4v) is 1.91. The Kier molecular flexibility index (Phi) is 6.87. The second-order valence-electron chi connectivity index (χ2n) is 4.68. The second kappa shape index (κ2) is 8.41. The molecule has 1 heterocycles. The predicted molar refractivity (Wildman–Crippen MR) is 74.8 cm³/mol. The van der Waals surface area contributed by atoms with Gasteiger partial charge in [-0.1, -0.05) is 5.16 Å². The number of carbonyl (C=O) groups is 2. The normalized spacial score (nSPS) is 10.5. The number of nitrogens with zero attached hydrogens (tertiary/aromatic N) is 2. The highest BCUT2D eigenvalue weighted by atomic mass is 16.5. The van der Waals surface area contributed by atoms with E-state index in [-0.39, 0.29) is 24.7 Å². The van der Waals surface area contributed by atoms with Crippen molar-refractivity contribution in [3.05, 3.63) is 17.0 Å². The lowest BCUT2D eigenvalue weighted by Gasteiger charge is -2.22. The molecule has 0 aliphatic carbocycles. The van der Waals surface area contributed by atoms with Gasteiger partial charge in [0.25, 0.3) is 0 Å². The van der Waals surface area contributed by atoms with Crippen molar-refractivity contribution in [2.45, 2.75) is 26.7 Å². The lowest BCUT2D eigenvalue weighted by atomic mass is 10.1. The standard InChI is InChI=1S/C14H22N2O5/c1-10-12(11(2)21-15-10)9-13(17)16(7-8-19-3)6-5-14(18)20-4/h5-9H2,1-4H3. The number of amides is 1. The molecule has 118 valence electrons. The van der Waals surface area contributed by atoms with Gasteiger partial charge in [0, 0.05) is 25.8 Å². The molecule has 1 aromatic heterocycles. The molecule has 0 fully saturated rings. The number of methoxy groups -OCH3 is 2. The summed E-state index contributed by atoms with van der Waals surface area (Å²) in [4.78, 5) is 25.2. The van der Waals surface area contributed by atoms with Crippen molar-refractivity contribution in [3.8, 4) is 0 Å². The van der Waals surface area contributed by atoms with Gasteiger partial charge in [0.15, 0.2) is 0 Å². The Hall–Kier alpha value is -1.89. The summed E-state index contributed by atoms with van der Waals surface area (Å²) in [6.07, 6.45) is 0.361. The number of aryl methyl sites for hydroxylation is 2. The van der Waals surface area contributed by atoms with Gasteiger partial charge in [0.1, 0.15) is 5.76 Å². The lowest BCUT2D eigenvalue weighted by molar-refractivity contribution is -0.141. The highest BCUT2D eigenvalue weighted by Gasteiger charge is 2.19. The molecule has 1 rings (SSSR count). The maximum atomic E-state index is 12.4. The largest absolute Gasteiger partial charge is 0.469 e. The molecule has 0 bridgehead atoms. The highest BCUT2D eigenvalue weighted by molar-refractivity contribution is 5.80. The molecule has 0 saturated carbocycles. The molecule has 0 aromatic carbocycles. The number of hydrogen-bond donors (Lipinski definition) is 0. The molecule has 0 unspecified atom stereocenters. The topological polar surface area (TPSA) is 81.9 Å². The molecule has 7 nitrogen and oxygen atoms in total. The molecule has 21 heavy (non-hydrogen) atoms. The summed E-state index contributed by atoms with van der Waals surface area (Å²) in [6.45, 7) is 4.71. The summed E-state index contributed by atoms with van der Waals surface area (Å²) in [5.74, 6) is 0.202. The smallest absolute Gasteiger partial charge is 0.307 e. The summed E-state index contributed by atoms with van der Waals surface area (Å²) < 4.78 is 14.6. The van der Waals surface area contributed by atoms with Crippen LogP contribution >= 0.6 is 0 Å². The van der Waals surface area contributed by atoms with Gasteiger partial charge in [-0.25, -0.2) is 0 Å². The maximum Gasteiger partial charge on any atom is 0.307 e. The molecule has 1 amide bonds. The van der Waals surface area contributed by atoms with Crippen LogP contribution in [0.4, 0.5) is 0 Å². The van der Waals surface area contributed by atoms with Crippen LogP contribution in [0.5, 0.6) is 0 Å². The Morgan fingerprint density at radius 1 is 1.24 bits per heavy atom. The van der Waals surface area contributed by atoms with Crippen LogP contribution in [-0.4, -0.2) is 55.8 Å². The number of aromatic nitrogens is 1. The minimum Gasteiger partial charge on any atom is -0.469 e. The van der Waals surface area contributed by atoms with Crippen molar-refractivity contribution >= 4 is 11.9 Å². The zero-order valence-electron chi connectivity index (χ0n) is 13.0. The van der Waals surface area contributed by atoms with Gasteiger partial charge in [-0.05, 0) is 13.8 Å². The predicted octanol–water partition coefficient (Wildman–Crippen LogP) is 0.872. The maximum absolute atomic E-state index is 12.4. The molecular weight excluding hydrogens is 276 g/mol. The van der Waals surface area contributed by atoms with Crippen LogP contribution in [0.25, 0.3) is 0 Å². The fraction of sp³-hybridized carbons (Fsp3) is 0.643. The molecule has 0 aliphatic heterocycles. The van der Waals surface area contributed by atoms with Crippen molar-refractivity contribution in [2.24, 2.45) is 0 Å². The van der Waals surface area contributed by atoms with E-state index >= 15 is 0 Å². The van der Waals surface area contributed by atoms with E-state index in [4.69, 9.17) is 9.26 Å². The molecule has 1 aromatic rings. The lowest BCUT2D eigenvalue weighted by Crippen LogP contribution is -2.37. The molecule has 0 aliphatic rings. The fourth-order valence-electron chi connectivity index (χ4n) is 1.91. The third-order valence-corrected chi connectivity index (χ3v) is 3.24. The van der Waals surface area contributed by atoms with Gasteiger partial charge in [0.05, 0.1) is 32.3 Å². The minimum atomic E-state index is -0.345. The summed E-state index contributed by atoms with van der Waals surface area (Å²) in [5, 5.41) is 3.83. The van der Waals surface area contributed by atoms with E-state index in [1.165, 1.54) is 7.11 Å². The van der Waals surface area contributed by atoms with E-state index in [9.17, 15) is 9.59 Å². The van der Waals surface area contributed by atoms with Gasteiger partial charge < -0.3 is 18.9 Å². The summed E-state index contributed by atoms with van der Waals surface area (Å²) in [7, 11) is 2.89. The number of rotatable bonds is 8. The Morgan fingerprint density at radius 3 is 2.48 bits per heavy atom. The number of esters is 1. The third kappa shape index (κ3) is 5.18. The van der Waals surface area contributed by atoms with Crippen LogP contribution in [0.15, 0.2) is 4.52 Å². The van der Waals surface area contributed by atoms with Crippen LogP contribution < -0.4 is 0 Å². The van der Waals surface area contributed by atoms with Gasteiger partial charge in [-0.15, -0.1) is 0 Å². The molecular formula is C14H22N2O5. The molecule has 0 spiro atoms. The van der Waals surface area contributed by atoms with Gasteiger partial charge >= 0.3 is 5.97 Å². The average molecular weight is 298 g/mol. The SMILES string of the molecule is COCCN(CCC(=O)OC)C(=O)Cc1c(C)noc1C. The van der Waals surface area contributed by atoms with E-state index in [0.29, 0.717) is 31.2 Å². The number of ether oxygens (including phenoxy) is 2. The van der Waals surface area contributed by atoms with Crippen LogP contribution in [0, 0.1) is 13.8 Å². The van der Waals surface area contributed by atoms with Crippen LogP contribution in [-0.2, 0) is 25.5 Å². The van der Waals surface area contributed by atoms with Crippen LogP contribution in [0.1, 0.15) is 23.4 Å². The zero-order valence-corrected chi connectivity index (χ0v) is 13.0. The minimum absolute atomic E-state index is 0.0923. The van der Waals surface area contributed by atoms with Crippen molar-refractivity contribution < 1.29 is 23.6 Å². The Morgan fingerprint density at radius 2 is 1.95 bits per heavy atom. The van der Waals surface area contributed by atoms with E-state index < -0.39 is 0 Å². The second-order valence-corrected chi connectivity index (χ2v) is 4.68. The first kappa shape index (κ1) is 17.2. The summed E-state index contributed by atoms with van der Waals surface area (Å²) in [6, 6.07) is 0. The average Bonchev–Trinajstić information content (AvgIpc) is 2.78. The molecule has 0 N–H and O–H groups in total. The quantitative estimate of drug-likeness (QED) is 0.662. The Balaban J connectivity index is 2.68. The monoisotopic (exact) mass is 298 g/mol. The van der Waals surface area contributed by atoms with E-state index in [1.54, 1.807) is 25.9 Å². The van der Waals surface area contributed by atoms with Crippen molar-refractivity contribution in [1.29, 1.82) is 0 Å². The van der Waals surface area contributed by atoms with Crippen LogP contribution in [0.2, 0.25) is 0 Å². The zero-order chi connectivity index (χ0) is 15.8. The highest BCUT2D eigenvalue weighted by Crippen LogP contribution is 2.14. The molecule has 0 saturated heterocycles. The van der Waals surface area contributed by atoms with E-state index in [1.807, 2.05) is 0 Å². The summed E-state index contributed by atoms with van der Waals surface area (Å²) >= 11 is 0. The van der Waals surface area contributed by atoms with Gasteiger partial charge in [0.2, 0.25) is 5.91 Å². The molecule has 7 heteroatoms. The summed E-state index contributed by atoms with van der Waals surface area (Å²) in [5.41, 5.74) is 1.50. The number of carbonyl (C=O) groups excluding carboxylic acids is 2. The van der Waals surface area contributed by atoms with E-state index in [0.717, 1.165) is 5.56 Å². The first-order chi connectivity index (χ1) is 9.99. The van der Waals surface area contributed by atoms with Crippen molar-refractivity contribution in [2.75, 3.05) is 33.9 Å². The van der Waals surface area contributed by atoms with Crippen molar-refractivity contribution in [3.63, 3.8) is 0 Å². The van der Waals surface area contributed by atoms with Crippen molar-refractivity contribution in [1.82, 2.24) is 10.1 Å². The molecule has 0 radical (unpaired) electrons. The van der Waals surface area contributed by atoms with Gasteiger partial charge in [-0.2, -0.15) is 0 Å². The Labute approximate surface area is 124 Å². The van der Waals surface area contributed by atoms with Gasteiger partial charge in [-0.3, -0.25) is 9.59 Å². The Bertz CT molecular complexity index is 464. The van der Waals surface area contributed by atoms with Crippen LogP contribution in [0.3, 0.4) is 0 Å². The first-order valence-electron chi connectivity index (χ1n) is 6.74. The third-order valence-electron chi connectivity index (χ3n) is 3.24. The molecule has 0 atom stereocenters. The first-order valence-corrected chi connectivity index (χ1v) is 6.74. The number of hydrogen-bond acceptors (Lipinski definition) is 6. The van der Waals surface area contributed by atoms with E-state index in [2.05, 4.69) is 9.89 Å².